The van der Waals surface area contributed by atoms with Crippen LogP contribution in [0.25, 0.3) is 0 Å². The fraction of sp³-hybridized carbons (Fsp3) is 0.621. The van der Waals surface area contributed by atoms with Gasteiger partial charge in [-0.25, -0.2) is 9.97 Å². The van der Waals surface area contributed by atoms with Crippen LogP contribution in [0.3, 0.4) is 0 Å². The summed E-state index contributed by atoms with van der Waals surface area (Å²) in [6.45, 7) is 4.89. The van der Waals surface area contributed by atoms with Crippen LogP contribution in [0.2, 0.25) is 0 Å². The third-order valence-corrected chi connectivity index (χ3v) is 8.90. The molecule has 2 aliphatic heterocycles. The Hall–Kier alpha value is -2.51. The molecular weight excluding hydrogens is 450 g/mol. The van der Waals surface area contributed by atoms with Gasteiger partial charge in [0.2, 0.25) is 5.95 Å². The number of hydrogen-bond donors (Lipinski definition) is 1. The zero-order chi connectivity index (χ0) is 24.9. The first-order chi connectivity index (χ1) is 17.6. The number of anilines is 1. The van der Waals surface area contributed by atoms with E-state index >= 15 is 0 Å². The topological polar surface area (TPSA) is 72.8 Å². The molecule has 1 aromatic carbocycles. The number of rotatable bonds is 8. The normalized spacial score (nSPS) is 25.6. The molecule has 194 valence electrons. The molecule has 7 nitrogen and oxygen atoms in total. The van der Waals surface area contributed by atoms with Crippen LogP contribution in [-0.2, 0) is 4.79 Å². The van der Waals surface area contributed by atoms with Crippen molar-refractivity contribution in [2.45, 2.75) is 62.9 Å². The predicted octanol–water partition coefficient (Wildman–Crippen LogP) is 4.13. The Balaban J connectivity index is 1.25. The van der Waals surface area contributed by atoms with Crippen LogP contribution in [0.4, 0.5) is 5.95 Å². The number of likely N-dealkylation sites (tertiary alicyclic amines) is 2. The van der Waals surface area contributed by atoms with Crippen LogP contribution >= 0.6 is 0 Å². The van der Waals surface area contributed by atoms with Crippen LogP contribution in [0.15, 0.2) is 48.8 Å². The molecule has 3 heterocycles. The van der Waals surface area contributed by atoms with E-state index in [2.05, 4.69) is 62.0 Å². The average molecular weight is 492 g/mol. The molecule has 3 fully saturated rings. The Morgan fingerprint density at radius 3 is 2.36 bits per heavy atom. The Morgan fingerprint density at radius 1 is 1.00 bits per heavy atom. The Labute approximate surface area is 215 Å². The number of aromatic nitrogens is 2. The number of nitrogens with zero attached hydrogens (tertiary/aromatic N) is 5. The summed E-state index contributed by atoms with van der Waals surface area (Å²) in [5.74, 6) is 1.30. The van der Waals surface area contributed by atoms with Gasteiger partial charge in [0.05, 0.1) is 0 Å². The summed E-state index contributed by atoms with van der Waals surface area (Å²) in [5.41, 5.74) is 1.36. The van der Waals surface area contributed by atoms with Crippen LogP contribution in [0, 0.1) is 11.8 Å². The van der Waals surface area contributed by atoms with Crippen molar-refractivity contribution in [1.82, 2.24) is 19.8 Å². The first-order valence-corrected chi connectivity index (χ1v) is 13.8. The van der Waals surface area contributed by atoms with E-state index in [-0.39, 0.29) is 12.0 Å². The lowest BCUT2D eigenvalue weighted by Gasteiger charge is -2.38. The molecule has 5 rings (SSSR count). The first-order valence-electron chi connectivity index (χ1n) is 13.8. The van der Waals surface area contributed by atoms with Crippen molar-refractivity contribution >= 4 is 11.9 Å². The van der Waals surface area contributed by atoms with Crippen molar-refractivity contribution in [2.75, 3.05) is 44.7 Å². The number of carbonyl (C=O) groups is 1. The molecule has 1 saturated carbocycles. The van der Waals surface area contributed by atoms with Crippen molar-refractivity contribution < 1.29 is 9.90 Å². The van der Waals surface area contributed by atoms with Gasteiger partial charge in [-0.15, -0.1) is 0 Å². The number of benzene rings is 1. The highest BCUT2D eigenvalue weighted by Gasteiger charge is 2.43. The lowest BCUT2D eigenvalue weighted by molar-refractivity contribution is -0.145. The minimum Gasteiger partial charge on any atom is -0.480 e. The van der Waals surface area contributed by atoms with Gasteiger partial charge in [0.15, 0.2) is 0 Å². The summed E-state index contributed by atoms with van der Waals surface area (Å²) in [5, 5.41) is 10.3. The van der Waals surface area contributed by atoms with Gasteiger partial charge in [-0.3, -0.25) is 9.69 Å². The van der Waals surface area contributed by atoms with Gasteiger partial charge in [-0.05, 0) is 49.1 Å². The van der Waals surface area contributed by atoms with Crippen LogP contribution < -0.4 is 4.90 Å². The second kappa shape index (κ2) is 11.7. The smallest absolute Gasteiger partial charge is 0.321 e. The van der Waals surface area contributed by atoms with Gasteiger partial charge < -0.3 is 14.9 Å². The summed E-state index contributed by atoms with van der Waals surface area (Å²) < 4.78 is 0. The van der Waals surface area contributed by atoms with E-state index < -0.39 is 5.97 Å². The largest absolute Gasteiger partial charge is 0.480 e. The SMILES string of the molecule is CN(c1ncccn1)C1CCN(C[C@H]2CN([C@@H](C(=O)O)C3CCCCC3)C[C@@H]2c2ccccc2)CC1. The molecule has 3 atom stereocenters. The molecule has 7 heteroatoms. The van der Waals surface area contributed by atoms with E-state index in [9.17, 15) is 9.90 Å². The number of aliphatic carboxylic acids is 1. The third-order valence-electron chi connectivity index (χ3n) is 8.90. The highest BCUT2D eigenvalue weighted by atomic mass is 16.4. The lowest BCUT2D eigenvalue weighted by Crippen LogP contribution is -2.47. The standard InChI is InChI=1S/C29H41N5O2/c1-32(29-30-15-8-16-31-29)25-13-17-33(18-14-25)19-24-20-34(21-26(24)22-9-4-2-5-10-22)27(28(35)36)23-11-6-3-7-12-23/h2,4-5,8-10,15-16,23-27H,3,6-7,11-14,17-21H2,1H3,(H,35,36)/t24-,26+,27+/m0/s1. The third kappa shape index (κ3) is 5.73. The minimum atomic E-state index is -0.624. The predicted molar refractivity (Wildman–Crippen MR) is 142 cm³/mol. The molecule has 1 N–H and O–H groups in total. The molecule has 0 amide bonds. The Bertz CT molecular complexity index is 960. The summed E-state index contributed by atoms with van der Waals surface area (Å²) >= 11 is 0. The van der Waals surface area contributed by atoms with E-state index in [0.717, 1.165) is 64.4 Å². The number of piperidine rings is 1. The monoisotopic (exact) mass is 491 g/mol. The number of carboxylic acids is 1. The van der Waals surface area contributed by atoms with Gasteiger partial charge in [-0.2, -0.15) is 0 Å². The summed E-state index contributed by atoms with van der Waals surface area (Å²) in [6, 6.07) is 12.8. The molecule has 1 aliphatic carbocycles. The fourth-order valence-electron chi connectivity index (χ4n) is 6.96. The number of hydrogen-bond acceptors (Lipinski definition) is 6. The zero-order valence-corrected chi connectivity index (χ0v) is 21.6. The van der Waals surface area contributed by atoms with Crippen LogP contribution in [0.5, 0.6) is 0 Å². The van der Waals surface area contributed by atoms with Gasteiger partial charge in [0.1, 0.15) is 6.04 Å². The average Bonchev–Trinajstić information content (AvgIpc) is 3.33. The second-order valence-electron chi connectivity index (χ2n) is 11.1. The quantitative estimate of drug-likeness (QED) is 0.595. The van der Waals surface area contributed by atoms with Crippen LogP contribution in [-0.4, -0.2) is 82.7 Å². The van der Waals surface area contributed by atoms with Gasteiger partial charge in [0, 0.05) is 64.1 Å². The molecular formula is C29H41N5O2. The van der Waals surface area contributed by atoms with Crippen molar-refractivity contribution in [3.05, 3.63) is 54.4 Å². The van der Waals surface area contributed by atoms with Gasteiger partial charge >= 0.3 is 5.97 Å². The maximum Gasteiger partial charge on any atom is 0.321 e. The van der Waals surface area contributed by atoms with Gasteiger partial charge in [0.25, 0.3) is 0 Å². The molecule has 3 aliphatic rings. The highest BCUT2D eigenvalue weighted by molar-refractivity contribution is 5.74. The summed E-state index contributed by atoms with van der Waals surface area (Å²) in [6.07, 6.45) is 11.5. The minimum absolute atomic E-state index is 0.290. The van der Waals surface area contributed by atoms with E-state index in [1.807, 2.05) is 6.07 Å². The zero-order valence-electron chi connectivity index (χ0n) is 21.6. The van der Waals surface area contributed by atoms with Crippen molar-refractivity contribution in [1.29, 1.82) is 0 Å². The van der Waals surface area contributed by atoms with Crippen LogP contribution in [0.1, 0.15) is 56.4 Å². The molecule has 36 heavy (non-hydrogen) atoms. The van der Waals surface area contributed by atoms with Crippen molar-refractivity contribution in [2.24, 2.45) is 11.8 Å². The lowest BCUT2D eigenvalue weighted by atomic mass is 9.83. The van der Waals surface area contributed by atoms with Gasteiger partial charge in [-0.1, -0.05) is 49.6 Å². The van der Waals surface area contributed by atoms with Crippen molar-refractivity contribution in [3.8, 4) is 0 Å². The Kier molecular flexibility index (Phi) is 8.17. The highest BCUT2D eigenvalue weighted by Crippen LogP contribution is 2.38. The molecule has 0 spiro atoms. The summed E-state index contributed by atoms with van der Waals surface area (Å²) in [4.78, 5) is 28.5. The molecule has 2 saturated heterocycles. The second-order valence-corrected chi connectivity index (χ2v) is 11.1. The molecule has 2 aromatic rings. The van der Waals surface area contributed by atoms with E-state index in [0.29, 0.717) is 17.9 Å². The van der Waals surface area contributed by atoms with Crippen molar-refractivity contribution in [3.63, 3.8) is 0 Å². The fourth-order valence-corrected chi connectivity index (χ4v) is 6.96. The molecule has 1 aromatic heterocycles. The van der Waals surface area contributed by atoms with E-state index in [4.69, 9.17) is 0 Å². The molecule has 0 radical (unpaired) electrons. The number of carboxylic acid groups (broad SMARTS) is 1. The van der Waals surface area contributed by atoms with E-state index in [1.54, 1.807) is 12.4 Å². The maximum absolute atomic E-state index is 12.5. The summed E-state index contributed by atoms with van der Waals surface area (Å²) in [7, 11) is 2.10. The van der Waals surface area contributed by atoms with E-state index in [1.165, 1.54) is 24.8 Å². The first kappa shape index (κ1) is 25.2. The Morgan fingerprint density at radius 2 is 1.69 bits per heavy atom. The maximum atomic E-state index is 12.5. The molecule has 0 unspecified atom stereocenters. The molecule has 0 bridgehead atoms.